The van der Waals surface area contributed by atoms with E-state index >= 15 is 0 Å². The lowest BCUT2D eigenvalue weighted by Gasteiger charge is -2.13. The van der Waals surface area contributed by atoms with Gasteiger partial charge in [0.05, 0.1) is 11.1 Å². The zero-order valence-corrected chi connectivity index (χ0v) is 14.7. The third kappa shape index (κ3) is 4.05. The molecule has 114 valence electrons. The topological polar surface area (TPSA) is 37.4 Å². The molecule has 2 amide bonds. The summed E-state index contributed by atoms with van der Waals surface area (Å²) in [6.45, 7) is 2.76. The molecule has 3 nitrogen and oxygen atoms in total. The first-order chi connectivity index (χ1) is 10.1. The Kier molecular flexibility index (Phi) is 6.21. The molecule has 0 N–H and O–H groups in total. The van der Waals surface area contributed by atoms with Gasteiger partial charge < -0.3 is 0 Å². The first-order valence-corrected chi connectivity index (χ1v) is 8.88. The monoisotopic (exact) mass is 399 g/mol. The third-order valence-electron chi connectivity index (χ3n) is 3.92. The van der Waals surface area contributed by atoms with Crippen molar-refractivity contribution in [1.82, 2.24) is 4.90 Å². The Morgan fingerprint density at radius 1 is 0.905 bits per heavy atom. The van der Waals surface area contributed by atoms with Crippen molar-refractivity contribution in [1.29, 1.82) is 0 Å². The Balaban J connectivity index is 1.81. The number of carbonyl (C=O) groups excluding carboxylic acids is 2. The molecule has 0 fully saturated rings. The Labute approximate surface area is 140 Å². The fourth-order valence-electron chi connectivity index (χ4n) is 2.69. The summed E-state index contributed by atoms with van der Waals surface area (Å²) in [6.07, 6.45) is 8.31. The summed E-state index contributed by atoms with van der Waals surface area (Å²) in [6, 6.07) is 5.45. The highest BCUT2D eigenvalue weighted by atomic mass is 127. The smallest absolute Gasteiger partial charge is 0.261 e. The molecule has 0 aromatic heterocycles. The normalized spacial score (nSPS) is 13.9. The van der Waals surface area contributed by atoms with Crippen molar-refractivity contribution in [2.45, 2.75) is 51.9 Å². The standard InChI is InChI=1S/C17H22INO2/c1-2-3-4-5-6-7-8-11-19-16(20)14-10-9-13(18)12-15(14)17(19)21/h9-10,12H,2-8,11H2,1H3. The van der Waals surface area contributed by atoms with E-state index in [1.165, 1.54) is 37.0 Å². The van der Waals surface area contributed by atoms with E-state index in [0.29, 0.717) is 17.7 Å². The highest BCUT2D eigenvalue weighted by Crippen LogP contribution is 2.25. The van der Waals surface area contributed by atoms with Crippen LogP contribution in [-0.2, 0) is 0 Å². The first kappa shape index (κ1) is 16.5. The van der Waals surface area contributed by atoms with Crippen LogP contribution in [0.25, 0.3) is 0 Å². The number of carbonyl (C=O) groups is 2. The zero-order valence-electron chi connectivity index (χ0n) is 12.5. The average molecular weight is 399 g/mol. The number of unbranched alkanes of at least 4 members (excludes halogenated alkanes) is 6. The number of amides is 2. The van der Waals surface area contributed by atoms with Crippen molar-refractivity contribution in [2.75, 3.05) is 6.54 Å². The molecule has 1 aromatic rings. The molecule has 1 aliphatic rings. The first-order valence-electron chi connectivity index (χ1n) is 7.81. The van der Waals surface area contributed by atoms with Gasteiger partial charge >= 0.3 is 0 Å². The Morgan fingerprint density at radius 2 is 1.52 bits per heavy atom. The maximum Gasteiger partial charge on any atom is 0.261 e. The minimum atomic E-state index is -0.127. The maximum absolute atomic E-state index is 12.3. The second-order valence-electron chi connectivity index (χ2n) is 5.57. The van der Waals surface area contributed by atoms with Gasteiger partial charge in [-0.15, -0.1) is 0 Å². The van der Waals surface area contributed by atoms with E-state index in [2.05, 4.69) is 29.5 Å². The second kappa shape index (κ2) is 7.92. The molecule has 21 heavy (non-hydrogen) atoms. The minimum absolute atomic E-state index is 0.125. The summed E-state index contributed by atoms with van der Waals surface area (Å²) < 4.78 is 0.991. The van der Waals surface area contributed by atoms with Gasteiger partial charge in [0.25, 0.3) is 11.8 Å². The molecule has 0 aliphatic carbocycles. The highest BCUT2D eigenvalue weighted by molar-refractivity contribution is 14.1. The molecule has 2 rings (SSSR count). The fourth-order valence-corrected chi connectivity index (χ4v) is 3.18. The predicted octanol–water partition coefficient (Wildman–Crippen LogP) is 4.64. The molecular weight excluding hydrogens is 377 g/mol. The van der Waals surface area contributed by atoms with Crippen LogP contribution < -0.4 is 0 Å². The molecule has 0 unspecified atom stereocenters. The summed E-state index contributed by atoms with van der Waals surface area (Å²) in [5.41, 5.74) is 1.12. The highest BCUT2D eigenvalue weighted by Gasteiger charge is 2.34. The van der Waals surface area contributed by atoms with Crippen molar-refractivity contribution < 1.29 is 9.59 Å². The average Bonchev–Trinajstić information content (AvgIpc) is 2.70. The van der Waals surface area contributed by atoms with Gasteiger partial charge in [-0.2, -0.15) is 0 Å². The van der Waals surface area contributed by atoms with Crippen molar-refractivity contribution in [3.8, 4) is 0 Å². The van der Waals surface area contributed by atoms with E-state index in [-0.39, 0.29) is 11.8 Å². The van der Waals surface area contributed by atoms with Gasteiger partial charge in [-0.05, 0) is 47.2 Å². The number of fused-ring (bicyclic) bond motifs is 1. The lowest BCUT2D eigenvalue weighted by molar-refractivity contribution is 0.0651. The van der Waals surface area contributed by atoms with Crippen LogP contribution in [0.1, 0.15) is 72.6 Å². The van der Waals surface area contributed by atoms with E-state index in [4.69, 9.17) is 0 Å². The van der Waals surface area contributed by atoms with E-state index in [9.17, 15) is 9.59 Å². The van der Waals surface area contributed by atoms with E-state index in [0.717, 1.165) is 16.4 Å². The van der Waals surface area contributed by atoms with E-state index < -0.39 is 0 Å². The summed E-state index contributed by atoms with van der Waals surface area (Å²) in [5, 5.41) is 0. The van der Waals surface area contributed by atoms with Crippen molar-refractivity contribution in [3.63, 3.8) is 0 Å². The van der Waals surface area contributed by atoms with Gasteiger partial charge in [-0.3, -0.25) is 14.5 Å². The van der Waals surface area contributed by atoms with Crippen LogP contribution in [0.15, 0.2) is 18.2 Å². The number of benzene rings is 1. The van der Waals surface area contributed by atoms with Crippen molar-refractivity contribution >= 4 is 34.4 Å². The quantitative estimate of drug-likeness (QED) is 0.363. The van der Waals surface area contributed by atoms with Gasteiger partial charge in [-0.1, -0.05) is 45.4 Å². The summed E-state index contributed by atoms with van der Waals surface area (Å²) in [5.74, 6) is -0.253. The number of hydrogen-bond acceptors (Lipinski definition) is 2. The number of rotatable bonds is 8. The molecular formula is C17H22INO2. The number of imide groups is 1. The van der Waals surface area contributed by atoms with Crippen LogP contribution >= 0.6 is 22.6 Å². The number of halogens is 1. The van der Waals surface area contributed by atoms with Gasteiger partial charge in [0, 0.05) is 10.1 Å². The summed E-state index contributed by atoms with van der Waals surface area (Å²) >= 11 is 2.17. The Morgan fingerprint density at radius 3 is 2.24 bits per heavy atom. The molecule has 1 heterocycles. The molecule has 4 heteroatoms. The maximum atomic E-state index is 12.3. The Bertz CT molecular complexity index is 528. The van der Waals surface area contributed by atoms with E-state index in [1.807, 2.05) is 6.07 Å². The fraction of sp³-hybridized carbons (Fsp3) is 0.529. The molecule has 0 atom stereocenters. The van der Waals surface area contributed by atoms with Crippen LogP contribution in [0.4, 0.5) is 0 Å². The third-order valence-corrected chi connectivity index (χ3v) is 4.59. The largest absolute Gasteiger partial charge is 0.274 e. The molecule has 0 saturated heterocycles. The molecule has 1 aromatic carbocycles. The molecule has 1 aliphatic heterocycles. The van der Waals surface area contributed by atoms with Crippen LogP contribution in [0, 0.1) is 3.57 Å². The zero-order chi connectivity index (χ0) is 15.2. The summed E-state index contributed by atoms with van der Waals surface area (Å²) in [7, 11) is 0. The van der Waals surface area contributed by atoms with Crippen LogP contribution in [0.3, 0.4) is 0 Å². The van der Waals surface area contributed by atoms with Crippen LogP contribution in [0.2, 0.25) is 0 Å². The van der Waals surface area contributed by atoms with Crippen molar-refractivity contribution in [2.24, 2.45) is 0 Å². The second-order valence-corrected chi connectivity index (χ2v) is 6.82. The molecule has 0 radical (unpaired) electrons. The Hall–Kier alpha value is -0.910. The number of hydrogen-bond donors (Lipinski definition) is 0. The lowest BCUT2D eigenvalue weighted by Crippen LogP contribution is -2.30. The predicted molar refractivity (Wildman–Crippen MR) is 92.5 cm³/mol. The van der Waals surface area contributed by atoms with Gasteiger partial charge in [0.15, 0.2) is 0 Å². The van der Waals surface area contributed by atoms with E-state index in [1.54, 1.807) is 12.1 Å². The van der Waals surface area contributed by atoms with Gasteiger partial charge in [0.1, 0.15) is 0 Å². The van der Waals surface area contributed by atoms with Crippen molar-refractivity contribution in [3.05, 3.63) is 32.9 Å². The molecule has 0 bridgehead atoms. The van der Waals surface area contributed by atoms with Crippen LogP contribution in [-0.4, -0.2) is 23.3 Å². The summed E-state index contributed by atoms with van der Waals surface area (Å²) in [4.78, 5) is 25.9. The SMILES string of the molecule is CCCCCCCCCN1C(=O)c2ccc(I)cc2C1=O. The van der Waals surface area contributed by atoms with Gasteiger partial charge in [0.2, 0.25) is 0 Å². The number of nitrogens with zero attached hydrogens (tertiary/aromatic N) is 1. The minimum Gasteiger partial charge on any atom is -0.274 e. The molecule has 0 spiro atoms. The lowest BCUT2D eigenvalue weighted by atomic mass is 10.1. The van der Waals surface area contributed by atoms with Crippen LogP contribution in [0.5, 0.6) is 0 Å². The van der Waals surface area contributed by atoms with Gasteiger partial charge in [-0.25, -0.2) is 0 Å². The molecule has 0 saturated carbocycles.